The summed E-state index contributed by atoms with van der Waals surface area (Å²) in [4.78, 5) is 2.28. The summed E-state index contributed by atoms with van der Waals surface area (Å²) >= 11 is 0. The average Bonchev–Trinajstić information content (AvgIpc) is 2.76. The molecule has 2 aromatic rings. The van der Waals surface area contributed by atoms with Crippen LogP contribution in [-0.4, -0.2) is 13.6 Å². The first kappa shape index (κ1) is 15.6. The molecule has 0 unspecified atom stereocenters. The van der Waals surface area contributed by atoms with Gasteiger partial charge < -0.3 is 14.6 Å². The third-order valence-corrected chi connectivity index (χ3v) is 3.79. The largest absolute Gasteiger partial charge is 0.465 e. The fraction of sp³-hybridized carbons (Fsp3) is 0.444. The molecule has 0 amide bonds. The summed E-state index contributed by atoms with van der Waals surface area (Å²) in [5.41, 5.74) is 5.14. The van der Waals surface area contributed by atoms with Crippen LogP contribution in [0.4, 0.5) is 5.69 Å². The van der Waals surface area contributed by atoms with E-state index in [2.05, 4.69) is 62.3 Å². The molecular formula is C18H26N2O. The zero-order valence-corrected chi connectivity index (χ0v) is 13.8. The predicted octanol–water partition coefficient (Wildman–Crippen LogP) is 3.95. The highest BCUT2D eigenvalue weighted by Crippen LogP contribution is 2.23. The summed E-state index contributed by atoms with van der Waals surface area (Å²) in [6.45, 7) is 11.1. The molecule has 0 radical (unpaired) electrons. The van der Waals surface area contributed by atoms with Crippen LogP contribution >= 0.6 is 0 Å². The monoisotopic (exact) mass is 286 g/mol. The molecule has 0 aliphatic rings. The molecule has 1 aromatic carbocycles. The second kappa shape index (κ2) is 6.81. The number of nitrogens with zero attached hydrogens (tertiary/aromatic N) is 1. The number of hydrogen-bond donors (Lipinski definition) is 1. The number of anilines is 1. The maximum Gasteiger partial charge on any atom is 0.118 e. The van der Waals surface area contributed by atoms with Crippen LogP contribution in [0.25, 0.3) is 0 Å². The van der Waals surface area contributed by atoms with Crippen molar-refractivity contribution in [1.82, 2.24) is 5.32 Å². The summed E-state index contributed by atoms with van der Waals surface area (Å²) < 4.78 is 5.81. The first-order chi connectivity index (χ1) is 10.0. The van der Waals surface area contributed by atoms with Crippen LogP contribution in [0.15, 0.2) is 28.7 Å². The molecule has 0 aliphatic heterocycles. The second-order valence-electron chi connectivity index (χ2n) is 5.72. The molecule has 0 saturated carbocycles. The third kappa shape index (κ3) is 3.88. The van der Waals surface area contributed by atoms with E-state index in [1.165, 1.54) is 22.4 Å². The SMILES string of the molecule is CCNCc1cc(CN(C)c2ccc(C)cc2C)c(C)o1. The molecule has 1 heterocycles. The Morgan fingerprint density at radius 1 is 1.14 bits per heavy atom. The van der Waals surface area contributed by atoms with E-state index in [1.807, 2.05) is 6.92 Å². The van der Waals surface area contributed by atoms with Gasteiger partial charge in [-0.25, -0.2) is 0 Å². The maximum absolute atomic E-state index is 5.81. The van der Waals surface area contributed by atoms with E-state index < -0.39 is 0 Å². The molecule has 3 nitrogen and oxygen atoms in total. The molecule has 0 atom stereocenters. The van der Waals surface area contributed by atoms with Crippen molar-refractivity contribution in [2.45, 2.75) is 40.8 Å². The molecule has 0 fully saturated rings. The van der Waals surface area contributed by atoms with Gasteiger partial charge in [0.2, 0.25) is 0 Å². The van der Waals surface area contributed by atoms with Gasteiger partial charge in [0.1, 0.15) is 11.5 Å². The Morgan fingerprint density at radius 3 is 2.57 bits per heavy atom. The summed E-state index contributed by atoms with van der Waals surface area (Å²) in [7, 11) is 2.13. The van der Waals surface area contributed by atoms with Crippen LogP contribution in [0, 0.1) is 20.8 Å². The van der Waals surface area contributed by atoms with Gasteiger partial charge in [0, 0.05) is 24.8 Å². The summed E-state index contributed by atoms with van der Waals surface area (Å²) in [5.74, 6) is 2.03. The standard InChI is InChI=1S/C18H26N2O/c1-6-19-11-17-10-16(15(4)21-17)12-20(5)18-8-7-13(2)9-14(18)3/h7-10,19H,6,11-12H2,1-5H3. The molecule has 21 heavy (non-hydrogen) atoms. The fourth-order valence-electron chi connectivity index (χ4n) is 2.65. The number of benzene rings is 1. The van der Waals surface area contributed by atoms with E-state index in [0.717, 1.165) is 31.2 Å². The lowest BCUT2D eigenvalue weighted by Gasteiger charge is -2.21. The Morgan fingerprint density at radius 2 is 1.90 bits per heavy atom. The lowest BCUT2D eigenvalue weighted by molar-refractivity contribution is 0.463. The molecule has 0 saturated heterocycles. The van der Waals surface area contributed by atoms with Crippen molar-refractivity contribution in [1.29, 1.82) is 0 Å². The summed E-state index contributed by atoms with van der Waals surface area (Å²) in [6, 6.07) is 8.75. The molecule has 0 bridgehead atoms. The highest BCUT2D eigenvalue weighted by Gasteiger charge is 2.11. The summed E-state index contributed by atoms with van der Waals surface area (Å²) in [6.07, 6.45) is 0. The number of aryl methyl sites for hydroxylation is 3. The lowest BCUT2D eigenvalue weighted by Crippen LogP contribution is -2.17. The summed E-state index contributed by atoms with van der Waals surface area (Å²) in [5, 5.41) is 3.30. The molecule has 2 rings (SSSR count). The van der Waals surface area contributed by atoms with Crippen LogP contribution < -0.4 is 10.2 Å². The van der Waals surface area contributed by atoms with Gasteiger partial charge in [-0.05, 0) is 45.0 Å². The van der Waals surface area contributed by atoms with Crippen LogP contribution in [-0.2, 0) is 13.1 Å². The van der Waals surface area contributed by atoms with Gasteiger partial charge in [-0.1, -0.05) is 24.6 Å². The second-order valence-corrected chi connectivity index (χ2v) is 5.72. The van der Waals surface area contributed by atoms with Gasteiger partial charge in [0.25, 0.3) is 0 Å². The predicted molar refractivity (Wildman–Crippen MR) is 88.8 cm³/mol. The van der Waals surface area contributed by atoms with Crippen LogP contribution in [0.2, 0.25) is 0 Å². The van der Waals surface area contributed by atoms with Crippen molar-refractivity contribution in [3.63, 3.8) is 0 Å². The first-order valence-corrected chi connectivity index (χ1v) is 7.58. The van der Waals surface area contributed by atoms with E-state index in [9.17, 15) is 0 Å². The van der Waals surface area contributed by atoms with Gasteiger partial charge in [0.15, 0.2) is 0 Å². The van der Waals surface area contributed by atoms with Gasteiger partial charge in [0.05, 0.1) is 6.54 Å². The van der Waals surface area contributed by atoms with E-state index in [1.54, 1.807) is 0 Å². The van der Waals surface area contributed by atoms with Crippen molar-refractivity contribution >= 4 is 5.69 Å². The zero-order valence-electron chi connectivity index (χ0n) is 13.8. The Bertz CT molecular complexity index is 601. The number of rotatable bonds is 6. The molecular weight excluding hydrogens is 260 g/mol. The third-order valence-electron chi connectivity index (χ3n) is 3.79. The molecule has 0 spiro atoms. The van der Waals surface area contributed by atoms with Crippen molar-refractivity contribution < 1.29 is 4.42 Å². The number of hydrogen-bond acceptors (Lipinski definition) is 3. The van der Waals surface area contributed by atoms with Crippen molar-refractivity contribution in [2.75, 3.05) is 18.5 Å². The topological polar surface area (TPSA) is 28.4 Å². The minimum Gasteiger partial charge on any atom is -0.465 e. The fourth-order valence-corrected chi connectivity index (χ4v) is 2.65. The van der Waals surface area contributed by atoms with E-state index in [4.69, 9.17) is 4.42 Å². The molecule has 1 N–H and O–H groups in total. The zero-order chi connectivity index (χ0) is 15.4. The Balaban J connectivity index is 2.11. The van der Waals surface area contributed by atoms with Crippen molar-refractivity contribution in [3.05, 3.63) is 52.5 Å². The quantitative estimate of drug-likeness (QED) is 0.871. The van der Waals surface area contributed by atoms with Gasteiger partial charge in [-0.2, -0.15) is 0 Å². The van der Waals surface area contributed by atoms with E-state index in [0.29, 0.717) is 0 Å². The smallest absolute Gasteiger partial charge is 0.118 e. The number of furan rings is 1. The minimum absolute atomic E-state index is 0.796. The van der Waals surface area contributed by atoms with Gasteiger partial charge in [-0.15, -0.1) is 0 Å². The van der Waals surface area contributed by atoms with Gasteiger partial charge >= 0.3 is 0 Å². The Labute approximate surface area is 128 Å². The minimum atomic E-state index is 0.796. The van der Waals surface area contributed by atoms with Crippen molar-refractivity contribution in [3.8, 4) is 0 Å². The van der Waals surface area contributed by atoms with E-state index in [-0.39, 0.29) is 0 Å². The van der Waals surface area contributed by atoms with Gasteiger partial charge in [-0.3, -0.25) is 0 Å². The maximum atomic E-state index is 5.81. The molecule has 0 aliphatic carbocycles. The molecule has 1 aromatic heterocycles. The highest BCUT2D eigenvalue weighted by molar-refractivity contribution is 5.54. The van der Waals surface area contributed by atoms with Crippen LogP contribution in [0.1, 0.15) is 35.1 Å². The van der Waals surface area contributed by atoms with Crippen LogP contribution in [0.5, 0.6) is 0 Å². The Hall–Kier alpha value is -1.74. The van der Waals surface area contributed by atoms with Crippen LogP contribution in [0.3, 0.4) is 0 Å². The first-order valence-electron chi connectivity index (χ1n) is 7.58. The average molecular weight is 286 g/mol. The number of nitrogens with one attached hydrogen (secondary N) is 1. The highest BCUT2D eigenvalue weighted by atomic mass is 16.3. The lowest BCUT2D eigenvalue weighted by atomic mass is 10.1. The molecule has 114 valence electrons. The van der Waals surface area contributed by atoms with Crippen molar-refractivity contribution in [2.24, 2.45) is 0 Å². The Kier molecular flexibility index (Phi) is 5.07. The van der Waals surface area contributed by atoms with E-state index >= 15 is 0 Å². The normalized spacial score (nSPS) is 10.9. The molecule has 3 heteroatoms.